The Kier molecular flexibility index (Phi) is 4.70. The van der Waals surface area contributed by atoms with Crippen LogP contribution in [0, 0.1) is 6.92 Å². The van der Waals surface area contributed by atoms with E-state index in [-0.39, 0.29) is 17.1 Å². The van der Waals surface area contributed by atoms with Gasteiger partial charge in [-0.25, -0.2) is 4.79 Å². The van der Waals surface area contributed by atoms with Gasteiger partial charge in [0.05, 0.1) is 12.2 Å². The molecule has 0 N–H and O–H groups in total. The van der Waals surface area contributed by atoms with Gasteiger partial charge in [-0.2, -0.15) is 13.2 Å². The first-order chi connectivity index (χ1) is 10.3. The van der Waals surface area contributed by atoms with Crippen molar-refractivity contribution in [1.29, 1.82) is 0 Å². The molecule has 0 radical (unpaired) electrons. The standard InChI is InChI=1S/C14H13F3N2O2S/c1-3-21-13(20)18-12-19(8-9(2)22-12)11-6-4-5-10(7-11)14(15,16)17/h4-8H,3H2,1-2H3. The lowest BCUT2D eigenvalue weighted by Crippen LogP contribution is -2.16. The van der Waals surface area contributed by atoms with Gasteiger partial charge in [0.15, 0.2) is 0 Å². The van der Waals surface area contributed by atoms with Crippen molar-refractivity contribution in [1.82, 2.24) is 4.57 Å². The molecule has 8 heteroatoms. The van der Waals surface area contributed by atoms with E-state index in [0.717, 1.165) is 17.0 Å². The summed E-state index contributed by atoms with van der Waals surface area (Å²) in [6.07, 6.45) is -3.58. The first kappa shape index (κ1) is 16.3. The van der Waals surface area contributed by atoms with E-state index >= 15 is 0 Å². The van der Waals surface area contributed by atoms with Crippen LogP contribution >= 0.6 is 11.3 Å². The van der Waals surface area contributed by atoms with E-state index in [1.165, 1.54) is 28.0 Å². The number of hydrogen-bond acceptors (Lipinski definition) is 3. The number of alkyl halides is 3. The summed E-state index contributed by atoms with van der Waals surface area (Å²) in [6, 6.07) is 4.83. The molecule has 0 atom stereocenters. The normalized spacial score (nSPS) is 12.5. The number of thiazole rings is 1. The Morgan fingerprint density at radius 2 is 2.14 bits per heavy atom. The topological polar surface area (TPSA) is 43.6 Å². The number of halogens is 3. The summed E-state index contributed by atoms with van der Waals surface area (Å²) in [4.78, 5) is 16.3. The van der Waals surface area contributed by atoms with E-state index in [0.29, 0.717) is 0 Å². The SMILES string of the molecule is CCOC(=O)N=c1sc(C)cn1-c1cccc(C(F)(F)F)c1. The molecule has 0 bridgehead atoms. The molecule has 22 heavy (non-hydrogen) atoms. The number of amides is 1. The zero-order valence-corrected chi connectivity index (χ0v) is 12.7. The highest BCUT2D eigenvalue weighted by molar-refractivity contribution is 7.09. The molecule has 2 rings (SSSR count). The fourth-order valence-corrected chi connectivity index (χ4v) is 2.61. The van der Waals surface area contributed by atoms with Crippen molar-refractivity contribution in [2.24, 2.45) is 4.99 Å². The lowest BCUT2D eigenvalue weighted by Gasteiger charge is -2.09. The van der Waals surface area contributed by atoms with Crippen LogP contribution in [0.2, 0.25) is 0 Å². The molecule has 0 aliphatic heterocycles. The predicted molar refractivity (Wildman–Crippen MR) is 76.0 cm³/mol. The minimum absolute atomic E-state index is 0.177. The van der Waals surface area contributed by atoms with Crippen LogP contribution in [0.4, 0.5) is 18.0 Å². The van der Waals surface area contributed by atoms with Crippen molar-refractivity contribution in [3.63, 3.8) is 0 Å². The van der Waals surface area contributed by atoms with Crippen molar-refractivity contribution in [3.05, 3.63) is 45.7 Å². The number of nitrogens with zero attached hydrogens (tertiary/aromatic N) is 2. The molecule has 0 saturated heterocycles. The first-order valence-electron chi connectivity index (χ1n) is 6.39. The molecule has 4 nitrogen and oxygen atoms in total. The molecule has 2 aromatic rings. The fraction of sp³-hybridized carbons (Fsp3) is 0.286. The summed E-state index contributed by atoms with van der Waals surface area (Å²) in [5.74, 6) is 0. The zero-order valence-electron chi connectivity index (χ0n) is 11.8. The van der Waals surface area contributed by atoms with Crippen molar-refractivity contribution >= 4 is 17.4 Å². The van der Waals surface area contributed by atoms with Crippen molar-refractivity contribution < 1.29 is 22.7 Å². The number of aryl methyl sites for hydroxylation is 1. The van der Waals surface area contributed by atoms with Crippen LogP contribution in [0.25, 0.3) is 5.69 Å². The third-order valence-electron chi connectivity index (χ3n) is 2.68. The van der Waals surface area contributed by atoms with Crippen LogP contribution in [0.15, 0.2) is 35.5 Å². The number of aromatic nitrogens is 1. The van der Waals surface area contributed by atoms with Crippen molar-refractivity contribution in [3.8, 4) is 5.69 Å². The third-order valence-corrected chi connectivity index (χ3v) is 3.57. The van der Waals surface area contributed by atoms with Gasteiger partial charge in [0.1, 0.15) is 0 Å². The van der Waals surface area contributed by atoms with E-state index in [1.54, 1.807) is 20.0 Å². The lowest BCUT2D eigenvalue weighted by molar-refractivity contribution is -0.137. The molecule has 0 aliphatic rings. The lowest BCUT2D eigenvalue weighted by atomic mass is 10.2. The van der Waals surface area contributed by atoms with Crippen LogP contribution in [0.3, 0.4) is 0 Å². The molecule has 118 valence electrons. The zero-order chi connectivity index (χ0) is 16.3. The molecular formula is C14H13F3N2O2S. The summed E-state index contributed by atoms with van der Waals surface area (Å²) in [5, 5.41) is 0. The van der Waals surface area contributed by atoms with Crippen LogP contribution in [0.1, 0.15) is 17.4 Å². The van der Waals surface area contributed by atoms with Gasteiger partial charge in [0.2, 0.25) is 4.80 Å². The maximum absolute atomic E-state index is 12.8. The smallest absolute Gasteiger partial charge is 0.436 e. The fourth-order valence-electron chi connectivity index (χ4n) is 1.78. The Bertz CT molecular complexity index is 747. The number of carbonyl (C=O) groups is 1. The second-order valence-electron chi connectivity index (χ2n) is 4.35. The summed E-state index contributed by atoms with van der Waals surface area (Å²) < 4.78 is 44.6. The molecule has 1 aromatic heterocycles. The Balaban J connectivity index is 2.52. The van der Waals surface area contributed by atoms with Gasteiger partial charge in [-0.15, -0.1) is 16.3 Å². The predicted octanol–water partition coefficient (Wildman–Crippen LogP) is 3.92. The Morgan fingerprint density at radius 1 is 1.41 bits per heavy atom. The highest BCUT2D eigenvalue weighted by Gasteiger charge is 2.30. The number of rotatable bonds is 2. The van der Waals surface area contributed by atoms with Crippen molar-refractivity contribution in [2.75, 3.05) is 6.61 Å². The van der Waals surface area contributed by atoms with Gasteiger partial charge < -0.3 is 4.74 Å². The Hall–Kier alpha value is -2.09. The number of hydrogen-bond donors (Lipinski definition) is 0. The monoisotopic (exact) mass is 330 g/mol. The maximum atomic E-state index is 12.8. The molecule has 1 amide bonds. The molecular weight excluding hydrogens is 317 g/mol. The van der Waals surface area contributed by atoms with Crippen molar-refractivity contribution in [2.45, 2.75) is 20.0 Å². The number of ether oxygens (including phenoxy) is 1. The highest BCUT2D eigenvalue weighted by Crippen LogP contribution is 2.30. The van der Waals surface area contributed by atoms with Gasteiger partial charge in [-0.3, -0.25) is 4.57 Å². The average Bonchev–Trinajstić information content (AvgIpc) is 2.79. The van der Waals surface area contributed by atoms with Crippen LogP contribution < -0.4 is 4.80 Å². The summed E-state index contributed by atoms with van der Waals surface area (Å²) in [5.41, 5.74) is -0.481. The second kappa shape index (κ2) is 6.35. The molecule has 0 aliphatic carbocycles. The average molecular weight is 330 g/mol. The molecule has 1 heterocycles. The van der Waals surface area contributed by atoms with Gasteiger partial charge in [0, 0.05) is 16.8 Å². The number of carbonyl (C=O) groups excluding carboxylic acids is 1. The van der Waals surface area contributed by atoms with E-state index < -0.39 is 17.8 Å². The minimum Gasteiger partial charge on any atom is -0.448 e. The van der Waals surface area contributed by atoms with Crippen LogP contribution in [0.5, 0.6) is 0 Å². The highest BCUT2D eigenvalue weighted by atomic mass is 32.1. The molecule has 0 unspecified atom stereocenters. The van der Waals surface area contributed by atoms with Crippen LogP contribution in [-0.2, 0) is 10.9 Å². The van der Waals surface area contributed by atoms with E-state index in [1.807, 2.05) is 0 Å². The molecule has 1 aromatic carbocycles. The Labute approximate surface area is 128 Å². The van der Waals surface area contributed by atoms with Crippen LogP contribution in [-0.4, -0.2) is 17.3 Å². The number of benzene rings is 1. The van der Waals surface area contributed by atoms with E-state index in [2.05, 4.69) is 4.99 Å². The summed E-state index contributed by atoms with van der Waals surface area (Å²) in [6.45, 7) is 3.60. The summed E-state index contributed by atoms with van der Waals surface area (Å²) in [7, 11) is 0. The van der Waals surface area contributed by atoms with Gasteiger partial charge in [-0.1, -0.05) is 6.07 Å². The molecule has 0 saturated carbocycles. The largest absolute Gasteiger partial charge is 0.448 e. The van der Waals surface area contributed by atoms with E-state index in [4.69, 9.17) is 4.74 Å². The quantitative estimate of drug-likeness (QED) is 0.837. The second-order valence-corrected chi connectivity index (χ2v) is 5.57. The minimum atomic E-state index is -4.43. The first-order valence-corrected chi connectivity index (χ1v) is 7.21. The van der Waals surface area contributed by atoms with E-state index in [9.17, 15) is 18.0 Å². The maximum Gasteiger partial charge on any atom is 0.436 e. The van der Waals surface area contributed by atoms with Gasteiger partial charge in [-0.05, 0) is 32.0 Å². The molecule has 0 spiro atoms. The van der Waals surface area contributed by atoms with Gasteiger partial charge >= 0.3 is 12.3 Å². The summed E-state index contributed by atoms with van der Waals surface area (Å²) >= 11 is 1.19. The Morgan fingerprint density at radius 3 is 2.77 bits per heavy atom. The third kappa shape index (κ3) is 3.76. The van der Waals surface area contributed by atoms with Gasteiger partial charge in [0.25, 0.3) is 0 Å². The molecule has 0 fully saturated rings.